The fraction of sp³-hybridized carbons (Fsp3) is 0.364. The van der Waals surface area contributed by atoms with Crippen molar-refractivity contribution in [2.24, 2.45) is 0 Å². The minimum atomic E-state index is -5.09. The van der Waals surface area contributed by atoms with Gasteiger partial charge >= 0.3 is 12.4 Å². The van der Waals surface area contributed by atoms with Crippen LogP contribution in [0.15, 0.2) is 36.9 Å². The zero-order valence-corrected chi connectivity index (χ0v) is 19.1. The van der Waals surface area contributed by atoms with Gasteiger partial charge in [-0.15, -0.1) is 0 Å². The van der Waals surface area contributed by atoms with E-state index in [4.69, 9.17) is 0 Å². The predicted octanol–water partition coefficient (Wildman–Crippen LogP) is 3.82. The van der Waals surface area contributed by atoms with Gasteiger partial charge in [0.1, 0.15) is 12.0 Å². The Balaban J connectivity index is 1.54. The highest BCUT2D eigenvalue weighted by molar-refractivity contribution is 5.95. The Morgan fingerprint density at radius 1 is 0.919 bits per heavy atom. The Morgan fingerprint density at radius 3 is 2.08 bits per heavy atom. The van der Waals surface area contributed by atoms with E-state index in [1.165, 1.54) is 24.0 Å². The number of amides is 2. The van der Waals surface area contributed by atoms with E-state index in [2.05, 4.69) is 25.4 Å². The van der Waals surface area contributed by atoms with Crippen molar-refractivity contribution in [2.45, 2.75) is 38.2 Å². The molecule has 1 atom stereocenters. The lowest BCUT2D eigenvalue weighted by molar-refractivity contribution is -0.143. The summed E-state index contributed by atoms with van der Waals surface area (Å²) in [6.07, 6.45) is -4.74. The first-order valence-electron chi connectivity index (χ1n) is 11.0. The molecule has 1 fully saturated rings. The lowest BCUT2D eigenvalue weighted by atomic mass is 10.0. The van der Waals surface area contributed by atoms with E-state index in [9.17, 15) is 35.9 Å². The van der Waals surface area contributed by atoms with Gasteiger partial charge in [-0.05, 0) is 38.0 Å². The van der Waals surface area contributed by atoms with Crippen LogP contribution in [-0.2, 0) is 12.4 Å². The van der Waals surface area contributed by atoms with Crippen LogP contribution >= 0.6 is 0 Å². The molecule has 0 saturated carbocycles. The highest BCUT2D eigenvalue weighted by Crippen LogP contribution is 2.36. The number of nitrogens with one attached hydrogen (secondary N) is 1. The molecule has 37 heavy (non-hydrogen) atoms. The summed E-state index contributed by atoms with van der Waals surface area (Å²) in [5.74, 6) is -1.25. The third-order valence-electron chi connectivity index (χ3n) is 5.63. The SMILES string of the molecule is C[C@H](NC(=O)c1cc(C(F)(F)F)cc(C(F)(F)F)c1)c1ncnn1-c1cnc(C(=O)N2CCCC2)cn1. The van der Waals surface area contributed by atoms with Crippen LogP contribution in [0, 0.1) is 0 Å². The predicted molar refractivity (Wildman–Crippen MR) is 114 cm³/mol. The van der Waals surface area contributed by atoms with Crippen molar-refractivity contribution in [2.75, 3.05) is 13.1 Å². The van der Waals surface area contributed by atoms with Gasteiger partial charge in [-0.1, -0.05) is 0 Å². The van der Waals surface area contributed by atoms with E-state index in [0.29, 0.717) is 25.2 Å². The van der Waals surface area contributed by atoms with Crippen molar-refractivity contribution >= 4 is 11.8 Å². The number of hydrogen-bond acceptors (Lipinski definition) is 6. The third-order valence-corrected chi connectivity index (χ3v) is 5.63. The monoisotopic (exact) mass is 527 g/mol. The molecule has 0 bridgehead atoms. The number of carbonyl (C=O) groups is 2. The van der Waals surface area contributed by atoms with Crippen LogP contribution in [-0.4, -0.2) is 54.5 Å². The highest BCUT2D eigenvalue weighted by Gasteiger charge is 2.37. The van der Waals surface area contributed by atoms with E-state index in [1.54, 1.807) is 4.90 Å². The molecule has 1 saturated heterocycles. The Bertz CT molecular complexity index is 1270. The van der Waals surface area contributed by atoms with Crippen LogP contribution in [0.3, 0.4) is 0 Å². The molecule has 3 aromatic rings. The van der Waals surface area contributed by atoms with Crippen molar-refractivity contribution in [3.63, 3.8) is 0 Å². The van der Waals surface area contributed by atoms with E-state index in [-0.39, 0.29) is 29.3 Å². The number of aromatic nitrogens is 5. The van der Waals surface area contributed by atoms with Crippen molar-refractivity contribution < 1.29 is 35.9 Å². The van der Waals surface area contributed by atoms with Gasteiger partial charge in [0.25, 0.3) is 11.8 Å². The van der Waals surface area contributed by atoms with Crippen LogP contribution in [0.5, 0.6) is 0 Å². The van der Waals surface area contributed by atoms with Gasteiger partial charge < -0.3 is 10.2 Å². The summed E-state index contributed by atoms with van der Waals surface area (Å²) in [5, 5.41) is 6.32. The van der Waals surface area contributed by atoms with Crippen LogP contribution in [0.1, 0.15) is 63.6 Å². The molecule has 4 rings (SSSR count). The molecule has 2 aromatic heterocycles. The van der Waals surface area contributed by atoms with Gasteiger partial charge in [0, 0.05) is 18.7 Å². The maximum Gasteiger partial charge on any atom is 0.416 e. The van der Waals surface area contributed by atoms with Crippen LogP contribution < -0.4 is 5.32 Å². The standard InChI is InChI=1S/C22H19F6N7O2/c1-12(33-19(36)13-6-14(21(23,24)25)8-15(7-13)22(26,27)28)18-31-11-32-35(18)17-10-29-16(9-30-17)20(37)34-4-2-3-5-34/h6-12H,2-5H2,1H3,(H,33,36)/t12-/m0/s1. The number of halogens is 6. The molecule has 0 aliphatic carbocycles. The first-order valence-corrected chi connectivity index (χ1v) is 11.0. The molecule has 1 aliphatic rings. The molecule has 0 radical (unpaired) electrons. The van der Waals surface area contributed by atoms with Crippen LogP contribution in [0.4, 0.5) is 26.3 Å². The molecule has 1 aromatic carbocycles. The van der Waals surface area contributed by atoms with E-state index < -0.39 is 41.0 Å². The lowest BCUT2D eigenvalue weighted by Crippen LogP contribution is -2.30. The summed E-state index contributed by atoms with van der Waals surface area (Å²) >= 11 is 0. The van der Waals surface area contributed by atoms with Crippen molar-refractivity contribution in [1.82, 2.24) is 34.9 Å². The molecular formula is C22H19F6N7O2. The molecule has 1 N–H and O–H groups in total. The molecular weight excluding hydrogens is 508 g/mol. The van der Waals surface area contributed by atoms with Gasteiger partial charge in [-0.25, -0.2) is 15.0 Å². The molecule has 0 spiro atoms. The molecule has 1 aliphatic heterocycles. The van der Waals surface area contributed by atoms with Crippen molar-refractivity contribution in [3.05, 3.63) is 65.1 Å². The van der Waals surface area contributed by atoms with E-state index in [0.717, 1.165) is 19.2 Å². The third kappa shape index (κ3) is 5.70. The molecule has 196 valence electrons. The second-order valence-electron chi connectivity index (χ2n) is 8.28. The number of nitrogens with zero attached hydrogens (tertiary/aromatic N) is 6. The van der Waals surface area contributed by atoms with E-state index in [1.807, 2.05) is 0 Å². The first-order chi connectivity index (χ1) is 17.3. The number of alkyl halides is 6. The zero-order chi connectivity index (χ0) is 27.0. The van der Waals surface area contributed by atoms with Gasteiger partial charge in [0.2, 0.25) is 0 Å². The molecule has 9 nitrogen and oxygen atoms in total. The van der Waals surface area contributed by atoms with Crippen molar-refractivity contribution in [1.29, 1.82) is 0 Å². The van der Waals surface area contributed by atoms with Gasteiger partial charge in [0.15, 0.2) is 11.6 Å². The Kier molecular flexibility index (Phi) is 6.88. The number of hydrogen-bond donors (Lipinski definition) is 1. The Labute approximate surface area is 205 Å². The summed E-state index contributed by atoms with van der Waals surface area (Å²) in [4.78, 5) is 39.0. The van der Waals surface area contributed by atoms with Gasteiger partial charge in [0.05, 0.1) is 29.6 Å². The Morgan fingerprint density at radius 2 is 1.54 bits per heavy atom. The number of likely N-dealkylation sites (tertiary alicyclic amines) is 1. The first kappa shape index (κ1) is 26.0. The van der Waals surface area contributed by atoms with Gasteiger partial charge in [-0.2, -0.15) is 36.1 Å². The number of benzene rings is 1. The van der Waals surface area contributed by atoms with Crippen LogP contribution in [0.25, 0.3) is 5.82 Å². The normalized spacial score (nSPS) is 15.1. The lowest BCUT2D eigenvalue weighted by Gasteiger charge is -2.17. The minimum Gasteiger partial charge on any atom is -0.342 e. The van der Waals surface area contributed by atoms with E-state index >= 15 is 0 Å². The quantitative estimate of drug-likeness (QED) is 0.506. The summed E-state index contributed by atoms with van der Waals surface area (Å²) in [5.41, 5.74) is -3.92. The largest absolute Gasteiger partial charge is 0.416 e. The fourth-order valence-corrected chi connectivity index (χ4v) is 3.78. The second-order valence-corrected chi connectivity index (χ2v) is 8.28. The highest BCUT2D eigenvalue weighted by atomic mass is 19.4. The Hall–Kier alpha value is -4.04. The second kappa shape index (κ2) is 9.78. The summed E-state index contributed by atoms with van der Waals surface area (Å²) in [7, 11) is 0. The molecule has 2 amide bonds. The minimum absolute atomic E-state index is 0.0619. The topological polar surface area (TPSA) is 106 Å². The fourth-order valence-electron chi connectivity index (χ4n) is 3.78. The average molecular weight is 527 g/mol. The summed E-state index contributed by atoms with van der Waals surface area (Å²) < 4.78 is 80.0. The molecule has 15 heteroatoms. The molecule has 0 unspecified atom stereocenters. The zero-order valence-electron chi connectivity index (χ0n) is 19.1. The summed E-state index contributed by atoms with van der Waals surface area (Å²) in [6, 6.07) is -0.396. The average Bonchev–Trinajstić information content (AvgIpc) is 3.55. The van der Waals surface area contributed by atoms with Crippen molar-refractivity contribution in [3.8, 4) is 5.82 Å². The smallest absolute Gasteiger partial charge is 0.342 e. The van der Waals surface area contributed by atoms with Crippen LogP contribution in [0.2, 0.25) is 0 Å². The molecule has 3 heterocycles. The van der Waals surface area contributed by atoms with Gasteiger partial charge in [-0.3, -0.25) is 9.59 Å². The summed E-state index contributed by atoms with van der Waals surface area (Å²) in [6.45, 7) is 2.67. The maximum atomic E-state index is 13.1. The number of rotatable bonds is 5. The number of carbonyl (C=O) groups excluding carboxylic acids is 2. The maximum absolute atomic E-state index is 13.1.